The van der Waals surface area contributed by atoms with Gasteiger partial charge in [0.2, 0.25) is 0 Å². The zero-order valence-corrected chi connectivity index (χ0v) is 11.1. The van der Waals surface area contributed by atoms with Crippen LogP contribution in [-0.4, -0.2) is 5.11 Å². The molecule has 0 amide bonds. The molecule has 0 fully saturated rings. The molecule has 0 bridgehead atoms. The Morgan fingerprint density at radius 2 is 1.84 bits per heavy atom. The Hall–Kier alpha value is -1.87. The van der Waals surface area contributed by atoms with E-state index in [4.69, 9.17) is 4.74 Å². The minimum atomic E-state index is -0.478. The third-order valence-electron chi connectivity index (χ3n) is 3.06. The van der Waals surface area contributed by atoms with Crippen LogP contribution in [0.3, 0.4) is 0 Å². The van der Waals surface area contributed by atoms with Crippen LogP contribution in [0.5, 0.6) is 5.75 Å². The van der Waals surface area contributed by atoms with Gasteiger partial charge in [-0.05, 0) is 54.8 Å². The van der Waals surface area contributed by atoms with E-state index in [0.29, 0.717) is 6.61 Å². The summed E-state index contributed by atoms with van der Waals surface area (Å²) in [6.07, 6.45) is -0.478. The van der Waals surface area contributed by atoms with Crippen molar-refractivity contribution in [3.05, 3.63) is 65.0 Å². The van der Waals surface area contributed by atoms with E-state index < -0.39 is 6.10 Å². The predicted octanol–water partition coefficient (Wildman–Crippen LogP) is 3.77. The molecule has 0 heterocycles. The van der Waals surface area contributed by atoms with E-state index in [9.17, 15) is 9.50 Å². The van der Waals surface area contributed by atoms with Crippen molar-refractivity contribution >= 4 is 0 Å². The molecule has 1 atom stereocenters. The maximum Gasteiger partial charge on any atom is 0.123 e. The summed E-state index contributed by atoms with van der Waals surface area (Å²) < 4.78 is 18.6. The average molecular weight is 260 g/mol. The quantitative estimate of drug-likeness (QED) is 0.906. The number of aliphatic hydroxyl groups is 1. The molecule has 0 spiro atoms. The van der Waals surface area contributed by atoms with Gasteiger partial charge in [0.25, 0.3) is 0 Å². The van der Waals surface area contributed by atoms with Gasteiger partial charge in [-0.15, -0.1) is 0 Å². The molecule has 2 aromatic carbocycles. The summed E-state index contributed by atoms with van der Waals surface area (Å²) in [4.78, 5) is 0. The van der Waals surface area contributed by atoms with Crippen LogP contribution in [0.1, 0.15) is 29.7 Å². The van der Waals surface area contributed by atoms with Gasteiger partial charge in [-0.2, -0.15) is 0 Å². The first-order valence-electron chi connectivity index (χ1n) is 6.22. The topological polar surface area (TPSA) is 29.5 Å². The Balaban J connectivity index is 2.02. The van der Waals surface area contributed by atoms with Crippen molar-refractivity contribution in [3.8, 4) is 5.75 Å². The van der Waals surface area contributed by atoms with E-state index in [1.54, 1.807) is 13.0 Å². The predicted molar refractivity (Wildman–Crippen MR) is 72.5 cm³/mol. The summed E-state index contributed by atoms with van der Waals surface area (Å²) in [5.41, 5.74) is 2.69. The molecular weight excluding hydrogens is 243 g/mol. The van der Waals surface area contributed by atoms with Crippen molar-refractivity contribution in [2.75, 3.05) is 0 Å². The lowest BCUT2D eigenvalue weighted by Gasteiger charge is -2.10. The zero-order valence-electron chi connectivity index (χ0n) is 11.1. The van der Waals surface area contributed by atoms with E-state index >= 15 is 0 Å². The Labute approximate surface area is 112 Å². The highest BCUT2D eigenvalue weighted by molar-refractivity contribution is 5.30. The number of benzene rings is 2. The molecule has 2 nitrogen and oxygen atoms in total. The summed E-state index contributed by atoms with van der Waals surface area (Å²) in [6, 6.07) is 12.0. The standard InChI is InChI=1S/C16H17FO2/c1-11-9-15(17)6-3-14(11)10-19-16-7-4-13(5-8-16)12(2)18/h3-9,12,18H,10H2,1-2H3. The smallest absolute Gasteiger partial charge is 0.123 e. The van der Waals surface area contributed by atoms with Crippen LogP contribution in [0.2, 0.25) is 0 Å². The van der Waals surface area contributed by atoms with E-state index in [2.05, 4.69) is 0 Å². The molecule has 19 heavy (non-hydrogen) atoms. The van der Waals surface area contributed by atoms with Gasteiger partial charge in [-0.25, -0.2) is 4.39 Å². The fraction of sp³-hybridized carbons (Fsp3) is 0.250. The van der Waals surface area contributed by atoms with Gasteiger partial charge in [0.05, 0.1) is 6.10 Å². The van der Waals surface area contributed by atoms with Gasteiger partial charge in [0.1, 0.15) is 18.2 Å². The van der Waals surface area contributed by atoms with Crippen LogP contribution in [-0.2, 0) is 6.61 Å². The van der Waals surface area contributed by atoms with Gasteiger partial charge < -0.3 is 9.84 Å². The number of aliphatic hydroxyl groups excluding tert-OH is 1. The molecular formula is C16H17FO2. The normalized spacial score (nSPS) is 12.2. The van der Waals surface area contributed by atoms with Crippen LogP contribution in [0.25, 0.3) is 0 Å². The minimum absolute atomic E-state index is 0.234. The molecule has 100 valence electrons. The van der Waals surface area contributed by atoms with Crippen molar-refractivity contribution in [1.29, 1.82) is 0 Å². The Morgan fingerprint density at radius 1 is 1.16 bits per heavy atom. The SMILES string of the molecule is Cc1cc(F)ccc1COc1ccc(C(C)O)cc1. The number of hydrogen-bond acceptors (Lipinski definition) is 2. The summed E-state index contributed by atoms with van der Waals surface area (Å²) in [5.74, 6) is 0.496. The van der Waals surface area contributed by atoms with Crippen LogP contribution >= 0.6 is 0 Å². The molecule has 3 heteroatoms. The number of hydrogen-bond donors (Lipinski definition) is 1. The molecule has 0 saturated carbocycles. The first kappa shape index (κ1) is 13.6. The number of aryl methyl sites for hydroxylation is 1. The molecule has 0 aliphatic carbocycles. The molecule has 0 aliphatic rings. The molecule has 1 N–H and O–H groups in total. The van der Waals surface area contributed by atoms with E-state index in [-0.39, 0.29) is 5.82 Å². The minimum Gasteiger partial charge on any atom is -0.489 e. The van der Waals surface area contributed by atoms with Gasteiger partial charge in [0, 0.05) is 0 Å². The van der Waals surface area contributed by atoms with Gasteiger partial charge in [0.15, 0.2) is 0 Å². The van der Waals surface area contributed by atoms with Crippen molar-refractivity contribution in [1.82, 2.24) is 0 Å². The van der Waals surface area contributed by atoms with Crippen LogP contribution in [0, 0.1) is 12.7 Å². The summed E-state index contributed by atoms with van der Waals surface area (Å²) in [6.45, 7) is 3.98. The zero-order chi connectivity index (χ0) is 13.8. The fourth-order valence-electron chi connectivity index (χ4n) is 1.82. The second kappa shape index (κ2) is 5.85. The summed E-state index contributed by atoms with van der Waals surface area (Å²) in [7, 11) is 0. The first-order chi connectivity index (χ1) is 9.06. The maximum absolute atomic E-state index is 13.0. The molecule has 0 aromatic heterocycles. The Morgan fingerprint density at radius 3 is 2.42 bits per heavy atom. The lowest BCUT2D eigenvalue weighted by molar-refractivity contribution is 0.199. The molecule has 2 aromatic rings. The molecule has 0 saturated heterocycles. The monoisotopic (exact) mass is 260 g/mol. The summed E-state index contributed by atoms with van der Waals surface area (Å²) >= 11 is 0. The lowest BCUT2D eigenvalue weighted by atomic mass is 10.1. The van der Waals surface area contributed by atoms with Gasteiger partial charge >= 0.3 is 0 Å². The van der Waals surface area contributed by atoms with Gasteiger partial charge in [-0.1, -0.05) is 18.2 Å². The molecule has 1 unspecified atom stereocenters. The van der Waals surface area contributed by atoms with Crippen molar-refractivity contribution in [2.45, 2.75) is 26.6 Å². The second-order valence-electron chi connectivity index (χ2n) is 4.60. The first-order valence-corrected chi connectivity index (χ1v) is 6.22. The highest BCUT2D eigenvalue weighted by Crippen LogP contribution is 2.19. The largest absolute Gasteiger partial charge is 0.489 e. The van der Waals surface area contributed by atoms with E-state index in [1.165, 1.54) is 12.1 Å². The number of ether oxygens (including phenoxy) is 1. The van der Waals surface area contributed by atoms with Crippen LogP contribution in [0.4, 0.5) is 4.39 Å². The highest BCUT2D eigenvalue weighted by Gasteiger charge is 2.03. The molecule has 0 radical (unpaired) electrons. The van der Waals surface area contributed by atoms with Crippen LogP contribution < -0.4 is 4.74 Å². The van der Waals surface area contributed by atoms with Crippen molar-refractivity contribution in [2.24, 2.45) is 0 Å². The number of halogens is 1. The number of rotatable bonds is 4. The Kier molecular flexibility index (Phi) is 4.17. The maximum atomic E-state index is 13.0. The molecule has 0 aliphatic heterocycles. The highest BCUT2D eigenvalue weighted by atomic mass is 19.1. The summed E-state index contributed by atoms with van der Waals surface area (Å²) in [5, 5.41) is 9.41. The van der Waals surface area contributed by atoms with Crippen molar-refractivity contribution in [3.63, 3.8) is 0 Å². The van der Waals surface area contributed by atoms with E-state index in [1.807, 2.05) is 31.2 Å². The second-order valence-corrected chi connectivity index (χ2v) is 4.60. The van der Waals surface area contributed by atoms with E-state index in [0.717, 1.165) is 22.4 Å². The lowest BCUT2D eigenvalue weighted by Crippen LogP contribution is -1.99. The third-order valence-corrected chi connectivity index (χ3v) is 3.06. The fourth-order valence-corrected chi connectivity index (χ4v) is 1.82. The van der Waals surface area contributed by atoms with Crippen molar-refractivity contribution < 1.29 is 14.2 Å². The molecule has 2 rings (SSSR count). The van der Waals surface area contributed by atoms with Crippen LogP contribution in [0.15, 0.2) is 42.5 Å². The van der Waals surface area contributed by atoms with Gasteiger partial charge in [-0.3, -0.25) is 0 Å². The Bertz CT molecular complexity index is 547. The average Bonchev–Trinajstić information content (AvgIpc) is 2.38. The third kappa shape index (κ3) is 3.55.